The van der Waals surface area contributed by atoms with Gasteiger partial charge in [0.15, 0.2) is 0 Å². The number of nitrogens with two attached hydrogens (primary N) is 1. The number of halogens is 3. The summed E-state index contributed by atoms with van der Waals surface area (Å²) in [5.41, 5.74) is 6.25. The normalized spacial score (nSPS) is 17.8. The van der Waals surface area contributed by atoms with Crippen molar-refractivity contribution in [2.45, 2.75) is 32.5 Å². The average molecular weight is 501 g/mol. The Morgan fingerprint density at radius 3 is 2.39 bits per heavy atom. The Labute approximate surface area is 208 Å². The number of likely N-dealkylation sites (N-methyl/N-ethyl adjacent to an activating group) is 1. The van der Waals surface area contributed by atoms with Crippen LogP contribution in [0, 0.1) is 0 Å². The summed E-state index contributed by atoms with van der Waals surface area (Å²) < 4.78 is 40.2. The van der Waals surface area contributed by atoms with Crippen molar-refractivity contribution in [1.82, 2.24) is 19.9 Å². The van der Waals surface area contributed by atoms with Gasteiger partial charge in [0.05, 0.1) is 23.3 Å². The van der Waals surface area contributed by atoms with E-state index in [4.69, 9.17) is 15.7 Å². The zero-order chi connectivity index (χ0) is 25.4. The minimum absolute atomic E-state index is 0.0694. The summed E-state index contributed by atoms with van der Waals surface area (Å²) in [7, 11) is 0. The van der Waals surface area contributed by atoms with Gasteiger partial charge in [-0.2, -0.15) is 18.2 Å². The van der Waals surface area contributed by atoms with E-state index in [0.29, 0.717) is 22.8 Å². The highest BCUT2D eigenvalue weighted by Crippen LogP contribution is 2.35. The number of pyridine rings is 1. The third-order valence-electron chi connectivity index (χ3n) is 7.00. The first-order chi connectivity index (χ1) is 17.2. The third-order valence-corrected chi connectivity index (χ3v) is 7.00. The van der Waals surface area contributed by atoms with E-state index < -0.39 is 17.8 Å². The highest BCUT2D eigenvalue weighted by atomic mass is 19.4. The number of nitrogens with zero attached hydrogens (tertiary/aromatic N) is 6. The second-order valence-corrected chi connectivity index (χ2v) is 9.45. The van der Waals surface area contributed by atoms with Gasteiger partial charge in [-0.25, -0.2) is 9.97 Å². The molecule has 4 heterocycles. The minimum Gasteiger partial charge on any atom is -0.399 e. The van der Waals surface area contributed by atoms with Gasteiger partial charge in [0, 0.05) is 50.3 Å². The molecule has 2 saturated heterocycles. The van der Waals surface area contributed by atoms with Crippen LogP contribution in [-0.4, -0.2) is 65.7 Å². The fourth-order valence-corrected chi connectivity index (χ4v) is 4.62. The Morgan fingerprint density at radius 1 is 1.00 bits per heavy atom. The lowest BCUT2D eigenvalue weighted by Gasteiger charge is -2.35. The van der Waals surface area contributed by atoms with Crippen LogP contribution in [0.1, 0.15) is 37.4 Å². The molecule has 0 aliphatic carbocycles. The lowest BCUT2D eigenvalue weighted by Crippen LogP contribution is -2.46. The average Bonchev–Trinajstić information content (AvgIpc) is 2.82. The van der Waals surface area contributed by atoms with Crippen LogP contribution < -0.4 is 20.9 Å². The molecule has 36 heavy (non-hydrogen) atoms. The number of piperazine rings is 1. The molecule has 3 aromatic rings. The molecule has 3 N–H and O–H groups in total. The van der Waals surface area contributed by atoms with Crippen molar-refractivity contribution in [3.8, 4) is 0 Å². The zero-order valence-corrected chi connectivity index (χ0v) is 20.5. The van der Waals surface area contributed by atoms with Crippen LogP contribution in [0.4, 0.5) is 36.4 Å². The van der Waals surface area contributed by atoms with Gasteiger partial charge in [-0.05, 0) is 49.7 Å². The molecule has 2 fully saturated rings. The molecule has 2 aliphatic heterocycles. The predicted octanol–water partition coefficient (Wildman–Crippen LogP) is 4.15. The molecule has 192 valence electrons. The zero-order valence-electron chi connectivity index (χ0n) is 20.5. The molecule has 2 aliphatic rings. The summed E-state index contributed by atoms with van der Waals surface area (Å²) in [5, 5.41) is 4.13. The molecule has 0 saturated carbocycles. The Kier molecular flexibility index (Phi) is 6.50. The van der Waals surface area contributed by atoms with Crippen LogP contribution >= 0.6 is 0 Å². The molecule has 8 nitrogen and oxygen atoms in total. The summed E-state index contributed by atoms with van der Waals surface area (Å²) in [6.45, 7) is 10.4. The van der Waals surface area contributed by atoms with Crippen molar-refractivity contribution in [2.24, 2.45) is 0 Å². The number of hydrogen-bond acceptors (Lipinski definition) is 8. The van der Waals surface area contributed by atoms with Crippen LogP contribution in [-0.2, 0) is 6.18 Å². The lowest BCUT2D eigenvalue weighted by molar-refractivity contribution is -0.137. The van der Waals surface area contributed by atoms with Gasteiger partial charge in [0.1, 0.15) is 11.6 Å². The van der Waals surface area contributed by atoms with Gasteiger partial charge in [-0.1, -0.05) is 6.92 Å². The van der Waals surface area contributed by atoms with Crippen LogP contribution in [0.15, 0.2) is 30.5 Å². The number of aromatic nitrogens is 3. The summed E-state index contributed by atoms with van der Waals surface area (Å²) in [6, 6.07) is 5.16. The van der Waals surface area contributed by atoms with E-state index >= 15 is 0 Å². The number of benzene rings is 1. The van der Waals surface area contributed by atoms with Crippen molar-refractivity contribution >= 4 is 34.2 Å². The van der Waals surface area contributed by atoms with Crippen LogP contribution in [0.5, 0.6) is 0 Å². The number of nitrogens with one attached hydrogen (secondary N) is 1. The molecular weight excluding hydrogens is 469 g/mol. The van der Waals surface area contributed by atoms with Gasteiger partial charge in [-0.15, -0.1) is 0 Å². The highest BCUT2D eigenvalue weighted by molar-refractivity contribution is 5.91. The molecule has 1 aromatic carbocycles. The first-order valence-electron chi connectivity index (χ1n) is 12.4. The van der Waals surface area contributed by atoms with E-state index in [1.165, 1.54) is 0 Å². The number of rotatable bonds is 6. The fraction of sp³-hybridized carbons (Fsp3) is 0.480. The maximum atomic E-state index is 13.4. The lowest BCUT2D eigenvalue weighted by atomic mass is 10.0. The third kappa shape index (κ3) is 4.97. The SMILES string of the molecule is CCN1CCN(c2cc3c(NC(C)c4cc(N)cc(C(F)(F)F)c4)nc(N4CCC4)nc3cn2)CC1. The first kappa shape index (κ1) is 24.4. The highest BCUT2D eigenvalue weighted by Gasteiger charge is 2.31. The Hall–Kier alpha value is -3.34. The number of anilines is 4. The number of fused-ring (bicyclic) bond motifs is 1. The maximum absolute atomic E-state index is 13.4. The second kappa shape index (κ2) is 9.61. The fourth-order valence-electron chi connectivity index (χ4n) is 4.62. The maximum Gasteiger partial charge on any atom is 0.416 e. The van der Waals surface area contributed by atoms with Gasteiger partial charge in [0.25, 0.3) is 0 Å². The van der Waals surface area contributed by atoms with E-state index in [0.717, 1.165) is 75.6 Å². The summed E-state index contributed by atoms with van der Waals surface area (Å²) in [6.07, 6.45) is -1.64. The molecule has 11 heteroatoms. The van der Waals surface area contributed by atoms with Crippen LogP contribution in [0.3, 0.4) is 0 Å². The quantitative estimate of drug-likeness (QED) is 0.489. The van der Waals surface area contributed by atoms with Crippen molar-refractivity contribution in [3.63, 3.8) is 0 Å². The van der Waals surface area contributed by atoms with Crippen molar-refractivity contribution in [2.75, 3.05) is 66.7 Å². The largest absolute Gasteiger partial charge is 0.416 e. The summed E-state index contributed by atoms with van der Waals surface area (Å²) in [5.74, 6) is 2.01. The predicted molar refractivity (Wildman–Crippen MR) is 136 cm³/mol. The monoisotopic (exact) mass is 500 g/mol. The molecule has 2 aromatic heterocycles. The van der Waals surface area contributed by atoms with Crippen LogP contribution in [0.25, 0.3) is 10.9 Å². The smallest absolute Gasteiger partial charge is 0.399 e. The van der Waals surface area contributed by atoms with Gasteiger partial charge < -0.3 is 25.8 Å². The van der Waals surface area contributed by atoms with E-state index in [9.17, 15) is 13.2 Å². The Bertz CT molecular complexity index is 1240. The van der Waals surface area contributed by atoms with Crippen LogP contribution in [0.2, 0.25) is 0 Å². The second-order valence-electron chi connectivity index (χ2n) is 9.45. The van der Waals surface area contributed by atoms with Gasteiger partial charge in [0.2, 0.25) is 5.95 Å². The molecule has 0 bridgehead atoms. The summed E-state index contributed by atoms with van der Waals surface area (Å²) >= 11 is 0. The van der Waals surface area contributed by atoms with Crippen molar-refractivity contribution in [1.29, 1.82) is 0 Å². The standard InChI is InChI=1S/C25H31F3N8/c1-3-34-7-9-35(10-8-34)22-14-20-21(15-30-22)32-24(36-5-4-6-36)33-23(20)31-16(2)17-11-18(25(26,27)28)13-19(29)12-17/h11-16H,3-10,29H2,1-2H3,(H,31,32,33). The molecule has 0 spiro atoms. The van der Waals surface area contributed by atoms with Crippen molar-refractivity contribution in [3.05, 3.63) is 41.6 Å². The molecule has 0 radical (unpaired) electrons. The van der Waals surface area contributed by atoms with E-state index in [-0.39, 0.29) is 5.69 Å². The summed E-state index contributed by atoms with van der Waals surface area (Å²) in [4.78, 5) is 20.9. The van der Waals surface area contributed by atoms with Gasteiger partial charge in [-0.3, -0.25) is 0 Å². The van der Waals surface area contributed by atoms with Crippen molar-refractivity contribution < 1.29 is 13.2 Å². The van der Waals surface area contributed by atoms with E-state index in [2.05, 4.69) is 31.9 Å². The molecule has 1 unspecified atom stereocenters. The number of hydrogen-bond donors (Lipinski definition) is 2. The van der Waals surface area contributed by atoms with Gasteiger partial charge >= 0.3 is 6.18 Å². The molecule has 5 rings (SSSR count). The molecular formula is C25H31F3N8. The molecule has 1 atom stereocenters. The number of nitrogen functional groups attached to an aromatic ring is 1. The molecule has 0 amide bonds. The number of alkyl halides is 3. The Balaban J connectivity index is 1.50. The first-order valence-corrected chi connectivity index (χ1v) is 12.4. The van der Waals surface area contributed by atoms with E-state index in [1.54, 1.807) is 19.2 Å². The Morgan fingerprint density at radius 2 is 1.75 bits per heavy atom. The minimum atomic E-state index is -4.47. The van der Waals surface area contributed by atoms with E-state index in [1.807, 2.05) is 6.07 Å². The topological polar surface area (TPSA) is 86.4 Å².